The predicted molar refractivity (Wildman–Crippen MR) is 75.5 cm³/mol. The Bertz CT molecular complexity index is 444. The molecule has 1 aliphatic carbocycles. The van der Waals surface area contributed by atoms with E-state index in [-0.39, 0.29) is 43.0 Å². The lowest BCUT2D eigenvalue weighted by Gasteiger charge is -2.29. The van der Waals surface area contributed by atoms with E-state index in [1.165, 1.54) is 23.1 Å². The van der Waals surface area contributed by atoms with Gasteiger partial charge in [-0.25, -0.2) is 8.78 Å². The smallest absolute Gasteiger partial charge is 0.236 e. The first kappa shape index (κ1) is 16.9. The fourth-order valence-electron chi connectivity index (χ4n) is 2.61. The molecule has 1 aromatic carbocycles. The zero-order valence-corrected chi connectivity index (χ0v) is 12.0. The third-order valence-electron chi connectivity index (χ3n) is 3.65. The molecule has 0 aromatic heterocycles. The molecule has 1 aliphatic rings. The van der Waals surface area contributed by atoms with Crippen molar-refractivity contribution in [3.8, 4) is 0 Å². The zero-order chi connectivity index (χ0) is 13.8. The fraction of sp³-hybridized carbons (Fsp3) is 0.500. The molecule has 0 spiro atoms. The van der Waals surface area contributed by atoms with Gasteiger partial charge in [-0.2, -0.15) is 0 Å². The number of hydrogen-bond acceptors (Lipinski definition) is 2. The topological polar surface area (TPSA) is 46.3 Å². The number of halogens is 3. The van der Waals surface area contributed by atoms with Crippen LogP contribution in [-0.2, 0) is 11.3 Å². The van der Waals surface area contributed by atoms with E-state index in [1.807, 2.05) is 0 Å². The van der Waals surface area contributed by atoms with Gasteiger partial charge in [0.15, 0.2) is 0 Å². The van der Waals surface area contributed by atoms with Gasteiger partial charge in [-0.15, -0.1) is 12.4 Å². The van der Waals surface area contributed by atoms with Gasteiger partial charge in [0, 0.05) is 11.6 Å². The van der Waals surface area contributed by atoms with Crippen LogP contribution in [0.5, 0.6) is 0 Å². The Kier molecular flexibility index (Phi) is 6.36. The van der Waals surface area contributed by atoms with Crippen molar-refractivity contribution < 1.29 is 13.6 Å². The van der Waals surface area contributed by atoms with Gasteiger partial charge in [0.05, 0.1) is 13.1 Å². The van der Waals surface area contributed by atoms with Gasteiger partial charge in [-0.05, 0) is 25.0 Å². The van der Waals surface area contributed by atoms with Crippen LogP contribution in [0.4, 0.5) is 8.78 Å². The predicted octanol–water partition coefficient (Wildman–Crippen LogP) is 2.62. The summed E-state index contributed by atoms with van der Waals surface area (Å²) >= 11 is 0. The Morgan fingerprint density at radius 1 is 1.25 bits per heavy atom. The lowest BCUT2D eigenvalue weighted by atomic mass is 10.1. The molecule has 112 valence electrons. The van der Waals surface area contributed by atoms with Crippen LogP contribution in [0.15, 0.2) is 18.2 Å². The van der Waals surface area contributed by atoms with Gasteiger partial charge in [-0.3, -0.25) is 4.79 Å². The average Bonchev–Trinajstić information content (AvgIpc) is 2.91. The number of amides is 1. The minimum absolute atomic E-state index is 0. The molecule has 20 heavy (non-hydrogen) atoms. The van der Waals surface area contributed by atoms with Crippen molar-refractivity contribution in [1.82, 2.24) is 4.90 Å². The second-order valence-corrected chi connectivity index (χ2v) is 4.86. The monoisotopic (exact) mass is 304 g/mol. The van der Waals surface area contributed by atoms with Gasteiger partial charge in [0.2, 0.25) is 5.91 Å². The first-order chi connectivity index (χ1) is 9.13. The summed E-state index contributed by atoms with van der Waals surface area (Å²) in [6.07, 6.45) is 3.83. The molecule has 2 rings (SSSR count). The number of benzene rings is 1. The Morgan fingerprint density at radius 2 is 1.80 bits per heavy atom. The van der Waals surface area contributed by atoms with Crippen molar-refractivity contribution in [2.45, 2.75) is 38.3 Å². The Balaban J connectivity index is 0.00000200. The molecule has 0 saturated heterocycles. The van der Waals surface area contributed by atoms with Crippen molar-refractivity contribution in [2.75, 3.05) is 6.54 Å². The van der Waals surface area contributed by atoms with Gasteiger partial charge in [0.1, 0.15) is 11.6 Å². The summed E-state index contributed by atoms with van der Waals surface area (Å²) in [5, 5.41) is 0. The molecule has 1 amide bonds. The van der Waals surface area contributed by atoms with Gasteiger partial charge in [0.25, 0.3) is 0 Å². The van der Waals surface area contributed by atoms with Crippen molar-refractivity contribution in [3.05, 3.63) is 35.4 Å². The highest BCUT2D eigenvalue weighted by Gasteiger charge is 2.27. The zero-order valence-electron chi connectivity index (χ0n) is 11.1. The number of carbonyl (C=O) groups excluding carboxylic acids is 1. The van der Waals surface area contributed by atoms with Crippen molar-refractivity contribution in [2.24, 2.45) is 5.73 Å². The molecule has 0 bridgehead atoms. The minimum Gasteiger partial charge on any atom is -0.334 e. The summed E-state index contributed by atoms with van der Waals surface area (Å²) in [7, 11) is 0. The van der Waals surface area contributed by atoms with Crippen LogP contribution in [0.3, 0.4) is 0 Å². The highest BCUT2D eigenvalue weighted by Crippen LogP contribution is 2.26. The third kappa shape index (κ3) is 3.67. The Labute approximate surface area is 123 Å². The number of nitrogens with two attached hydrogens (primary N) is 1. The largest absolute Gasteiger partial charge is 0.334 e. The Hall–Kier alpha value is -1.20. The standard InChI is InChI=1S/C14H18F2N2O.ClH/c15-12-6-3-7-13(16)11(12)9-18(14(19)8-17)10-4-1-2-5-10;/h3,6-7,10H,1-2,4-5,8-9,17H2;1H. The van der Waals surface area contributed by atoms with E-state index in [1.54, 1.807) is 0 Å². The molecule has 2 N–H and O–H groups in total. The maximum atomic E-state index is 13.7. The molecule has 0 radical (unpaired) electrons. The third-order valence-corrected chi connectivity index (χ3v) is 3.65. The van der Waals surface area contributed by atoms with Crippen LogP contribution < -0.4 is 5.73 Å². The lowest BCUT2D eigenvalue weighted by molar-refractivity contribution is -0.132. The summed E-state index contributed by atoms with van der Waals surface area (Å²) in [5.74, 6) is -1.49. The first-order valence-electron chi connectivity index (χ1n) is 6.56. The van der Waals surface area contributed by atoms with Gasteiger partial charge < -0.3 is 10.6 Å². The molecule has 1 saturated carbocycles. The van der Waals surface area contributed by atoms with E-state index in [2.05, 4.69) is 0 Å². The molecule has 0 unspecified atom stereocenters. The van der Waals surface area contributed by atoms with E-state index in [0.29, 0.717) is 0 Å². The Morgan fingerprint density at radius 3 is 2.30 bits per heavy atom. The number of carbonyl (C=O) groups is 1. The molecule has 6 heteroatoms. The normalized spacial score (nSPS) is 14.9. The summed E-state index contributed by atoms with van der Waals surface area (Å²) < 4.78 is 27.3. The quantitative estimate of drug-likeness (QED) is 0.929. The van der Waals surface area contributed by atoms with E-state index >= 15 is 0 Å². The molecule has 0 aliphatic heterocycles. The highest BCUT2D eigenvalue weighted by atomic mass is 35.5. The molecule has 0 heterocycles. The first-order valence-corrected chi connectivity index (χ1v) is 6.56. The summed E-state index contributed by atoms with van der Waals surface area (Å²) in [4.78, 5) is 13.4. The second-order valence-electron chi connectivity index (χ2n) is 4.86. The summed E-state index contributed by atoms with van der Waals surface area (Å²) in [5.41, 5.74) is 5.33. The van der Waals surface area contributed by atoms with Crippen molar-refractivity contribution >= 4 is 18.3 Å². The maximum Gasteiger partial charge on any atom is 0.236 e. The molecule has 0 atom stereocenters. The fourth-order valence-corrected chi connectivity index (χ4v) is 2.61. The van der Waals surface area contributed by atoms with E-state index in [0.717, 1.165) is 25.7 Å². The number of rotatable bonds is 4. The van der Waals surface area contributed by atoms with E-state index in [9.17, 15) is 13.6 Å². The molecular weight excluding hydrogens is 286 g/mol. The SMILES string of the molecule is Cl.NCC(=O)N(Cc1c(F)cccc1F)C1CCCC1. The minimum atomic E-state index is -0.618. The second kappa shape index (κ2) is 7.55. The van der Waals surface area contributed by atoms with E-state index in [4.69, 9.17) is 5.73 Å². The maximum absolute atomic E-state index is 13.7. The van der Waals surface area contributed by atoms with Crippen LogP contribution >= 0.6 is 12.4 Å². The molecular formula is C14H19ClF2N2O. The number of hydrogen-bond donors (Lipinski definition) is 1. The van der Waals surface area contributed by atoms with Gasteiger partial charge in [-0.1, -0.05) is 18.9 Å². The lowest BCUT2D eigenvalue weighted by Crippen LogP contribution is -2.42. The van der Waals surface area contributed by atoms with Gasteiger partial charge >= 0.3 is 0 Å². The van der Waals surface area contributed by atoms with Crippen LogP contribution in [0.2, 0.25) is 0 Å². The summed E-state index contributed by atoms with van der Waals surface area (Å²) in [6.45, 7) is -0.175. The summed E-state index contributed by atoms with van der Waals surface area (Å²) in [6, 6.07) is 3.78. The van der Waals surface area contributed by atoms with E-state index < -0.39 is 11.6 Å². The number of nitrogens with zero attached hydrogens (tertiary/aromatic N) is 1. The molecule has 3 nitrogen and oxygen atoms in total. The van der Waals surface area contributed by atoms with Crippen LogP contribution in [-0.4, -0.2) is 23.4 Å². The molecule has 1 fully saturated rings. The van der Waals surface area contributed by atoms with Crippen molar-refractivity contribution in [1.29, 1.82) is 0 Å². The van der Waals surface area contributed by atoms with Crippen LogP contribution in [0.25, 0.3) is 0 Å². The van der Waals surface area contributed by atoms with Crippen molar-refractivity contribution in [3.63, 3.8) is 0 Å². The van der Waals surface area contributed by atoms with Crippen LogP contribution in [0.1, 0.15) is 31.2 Å². The molecule has 1 aromatic rings. The highest BCUT2D eigenvalue weighted by molar-refractivity contribution is 5.85. The average molecular weight is 305 g/mol. The van der Waals surface area contributed by atoms with Crippen LogP contribution in [0, 0.1) is 11.6 Å².